The van der Waals surface area contributed by atoms with Crippen LogP contribution in [-0.2, 0) is 34.0 Å². The molecular weight excluding hydrogens is 352 g/mol. The van der Waals surface area contributed by atoms with E-state index in [1.54, 1.807) is 23.4 Å². The van der Waals surface area contributed by atoms with Crippen LogP contribution in [0.5, 0.6) is 0 Å². The summed E-state index contributed by atoms with van der Waals surface area (Å²) in [6.45, 7) is 2.66. The highest BCUT2D eigenvalue weighted by molar-refractivity contribution is 7.98. The van der Waals surface area contributed by atoms with Crippen LogP contribution in [0.2, 0.25) is 0 Å². The number of thioether (sulfide) groups is 1. The number of hydrogen-bond donors (Lipinski definition) is 2. The molecule has 0 unspecified atom stereocenters. The topological polar surface area (TPSA) is 85.2 Å². The van der Waals surface area contributed by atoms with Gasteiger partial charge >= 0.3 is 6.09 Å². The highest BCUT2D eigenvalue weighted by Crippen LogP contribution is 2.34. The summed E-state index contributed by atoms with van der Waals surface area (Å²) in [5.41, 5.74) is 3.06. The van der Waals surface area contributed by atoms with E-state index in [0.29, 0.717) is 12.4 Å². The molecule has 0 saturated carbocycles. The predicted octanol–water partition coefficient (Wildman–Crippen LogP) is 2.56. The van der Waals surface area contributed by atoms with E-state index < -0.39 is 6.09 Å². The second kappa shape index (κ2) is 8.75. The number of carbonyl (C=O) groups excluding carboxylic acids is 2. The van der Waals surface area contributed by atoms with Crippen molar-refractivity contribution in [3.63, 3.8) is 0 Å². The number of ether oxygens (including phenoxy) is 1. The lowest BCUT2D eigenvalue weighted by Crippen LogP contribution is -2.30. The highest BCUT2D eigenvalue weighted by atomic mass is 32.2. The first kappa shape index (κ1) is 18.3. The Morgan fingerprint density at radius 3 is 2.85 bits per heavy atom. The smallest absolute Gasteiger partial charge is 0.412 e. The molecule has 2 aromatic rings. The van der Waals surface area contributed by atoms with Crippen molar-refractivity contribution in [1.29, 1.82) is 0 Å². The van der Waals surface area contributed by atoms with Crippen molar-refractivity contribution >= 4 is 29.6 Å². The van der Waals surface area contributed by atoms with Gasteiger partial charge in [-0.05, 0) is 18.9 Å². The standard InChI is InChI=1S/C18H22N4O3S/c1-2-25-18(24)20-17-14-11-26-12-15(14)21-22(17)10-16(23)19-9-8-13-6-4-3-5-7-13/h3-7H,2,8-12H2,1H3,(H,19,23)(H,20,24). The Morgan fingerprint density at radius 2 is 2.08 bits per heavy atom. The number of benzene rings is 1. The number of amides is 2. The molecule has 1 aromatic carbocycles. The summed E-state index contributed by atoms with van der Waals surface area (Å²) in [5, 5.41) is 10.1. The Balaban J connectivity index is 1.59. The van der Waals surface area contributed by atoms with Crippen LogP contribution in [0.3, 0.4) is 0 Å². The Hall–Kier alpha value is -2.48. The van der Waals surface area contributed by atoms with Gasteiger partial charge in [-0.2, -0.15) is 16.9 Å². The average molecular weight is 374 g/mol. The van der Waals surface area contributed by atoms with E-state index in [1.807, 2.05) is 30.3 Å². The quantitative estimate of drug-likeness (QED) is 0.778. The molecule has 0 saturated heterocycles. The van der Waals surface area contributed by atoms with Crippen LogP contribution in [0.1, 0.15) is 23.7 Å². The third-order valence-corrected chi connectivity index (χ3v) is 4.96. The van der Waals surface area contributed by atoms with E-state index in [1.165, 1.54) is 5.56 Å². The van der Waals surface area contributed by atoms with Crippen molar-refractivity contribution in [2.24, 2.45) is 0 Å². The Morgan fingerprint density at radius 1 is 1.27 bits per heavy atom. The third-order valence-electron chi connectivity index (χ3n) is 3.99. The third kappa shape index (κ3) is 4.57. The van der Waals surface area contributed by atoms with Gasteiger partial charge in [0, 0.05) is 23.6 Å². The van der Waals surface area contributed by atoms with Gasteiger partial charge in [-0.1, -0.05) is 30.3 Å². The molecule has 1 aliphatic rings. The number of nitrogens with one attached hydrogen (secondary N) is 2. The van der Waals surface area contributed by atoms with Crippen LogP contribution in [0.25, 0.3) is 0 Å². The maximum atomic E-state index is 12.3. The fourth-order valence-corrected chi connectivity index (χ4v) is 3.80. The van der Waals surface area contributed by atoms with Gasteiger partial charge in [-0.3, -0.25) is 10.1 Å². The van der Waals surface area contributed by atoms with E-state index in [0.717, 1.165) is 29.2 Å². The summed E-state index contributed by atoms with van der Waals surface area (Å²) in [7, 11) is 0. The Labute approximate surface area is 156 Å². The van der Waals surface area contributed by atoms with Crippen molar-refractivity contribution in [1.82, 2.24) is 15.1 Å². The molecule has 1 aliphatic heterocycles. The summed E-state index contributed by atoms with van der Waals surface area (Å²) < 4.78 is 6.51. The minimum absolute atomic E-state index is 0.0637. The number of fused-ring (bicyclic) bond motifs is 1. The van der Waals surface area contributed by atoms with Gasteiger partial charge in [0.05, 0.1) is 12.3 Å². The molecule has 0 spiro atoms. The minimum Gasteiger partial charge on any atom is -0.450 e. The molecule has 26 heavy (non-hydrogen) atoms. The van der Waals surface area contributed by atoms with Gasteiger partial charge < -0.3 is 10.1 Å². The fraction of sp³-hybridized carbons (Fsp3) is 0.389. The number of aromatic nitrogens is 2. The summed E-state index contributed by atoms with van der Waals surface area (Å²) in [5.74, 6) is 1.98. The first-order valence-corrected chi connectivity index (χ1v) is 9.73. The number of hydrogen-bond acceptors (Lipinski definition) is 5. The van der Waals surface area contributed by atoms with E-state index in [4.69, 9.17) is 4.74 Å². The first-order valence-electron chi connectivity index (χ1n) is 8.58. The SMILES string of the molecule is CCOC(=O)Nc1c2c(nn1CC(=O)NCCc1ccccc1)CSC2. The van der Waals surface area contributed by atoms with E-state index in [-0.39, 0.29) is 19.1 Å². The molecule has 0 atom stereocenters. The molecule has 0 fully saturated rings. The minimum atomic E-state index is -0.530. The molecule has 7 nitrogen and oxygen atoms in total. The number of nitrogens with zero attached hydrogens (tertiary/aromatic N) is 2. The maximum Gasteiger partial charge on any atom is 0.412 e. The summed E-state index contributed by atoms with van der Waals surface area (Å²) in [6.07, 6.45) is 0.241. The van der Waals surface area contributed by atoms with Gasteiger partial charge in [-0.25, -0.2) is 9.48 Å². The fourth-order valence-electron chi connectivity index (χ4n) is 2.77. The molecule has 138 valence electrons. The summed E-state index contributed by atoms with van der Waals surface area (Å²) >= 11 is 1.73. The molecule has 8 heteroatoms. The Kier molecular flexibility index (Phi) is 6.17. The Bertz CT molecular complexity index is 776. The second-order valence-corrected chi connectivity index (χ2v) is 6.84. The molecular formula is C18H22N4O3S. The van der Waals surface area contributed by atoms with Crippen LogP contribution >= 0.6 is 11.8 Å². The summed E-state index contributed by atoms with van der Waals surface area (Å²) in [6, 6.07) is 9.99. The van der Waals surface area contributed by atoms with Crippen LogP contribution in [0.4, 0.5) is 10.6 Å². The van der Waals surface area contributed by atoms with Crippen LogP contribution in [-0.4, -0.2) is 34.9 Å². The van der Waals surface area contributed by atoms with Crippen LogP contribution in [0.15, 0.2) is 30.3 Å². The molecule has 3 rings (SSSR count). The van der Waals surface area contributed by atoms with Gasteiger partial charge in [-0.15, -0.1) is 0 Å². The second-order valence-electron chi connectivity index (χ2n) is 5.86. The van der Waals surface area contributed by atoms with E-state index in [2.05, 4.69) is 15.7 Å². The van der Waals surface area contributed by atoms with Gasteiger partial charge in [0.1, 0.15) is 12.4 Å². The van der Waals surface area contributed by atoms with Gasteiger partial charge in [0.2, 0.25) is 5.91 Å². The number of rotatable bonds is 7. The first-order chi connectivity index (χ1) is 12.7. The zero-order chi connectivity index (χ0) is 18.4. The summed E-state index contributed by atoms with van der Waals surface area (Å²) in [4.78, 5) is 24.1. The molecule has 1 aromatic heterocycles. The largest absolute Gasteiger partial charge is 0.450 e. The van der Waals surface area contributed by atoms with E-state index in [9.17, 15) is 9.59 Å². The lowest BCUT2D eigenvalue weighted by Gasteiger charge is -2.11. The highest BCUT2D eigenvalue weighted by Gasteiger charge is 2.25. The van der Waals surface area contributed by atoms with Crippen LogP contribution in [0, 0.1) is 0 Å². The normalized spacial score (nSPS) is 12.5. The van der Waals surface area contributed by atoms with Crippen molar-refractivity contribution < 1.29 is 14.3 Å². The lowest BCUT2D eigenvalue weighted by molar-refractivity contribution is -0.121. The van der Waals surface area contributed by atoms with E-state index >= 15 is 0 Å². The van der Waals surface area contributed by atoms with Gasteiger partial charge in [0.25, 0.3) is 0 Å². The van der Waals surface area contributed by atoms with Crippen molar-refractivity contribution in [2.45, 2.75) is 31.4 Å². The number of carbonyl (C=O) groups is 2. The molecule has 2 amide bonds. The average Bonchev–Trinajstić information content (AvgIpc) is 3.19. The maximum absolute atomic E-state index is 12.3. The monoisotopic (exact) mass is 374 g/mol. The molecule has 2 N–H and O–H groups in total. The lowest BCUT2D eigenvalue weighted by atomic mass is 10.1. The zero-order valence-corrected chi connectivity index (χ0v) is 15.5. The zero-order valence-electron chi connectivity index (χ0n) is 14.7. The van der Waals surface area contributed by atoms with Crippen molar-refractivity contribution in [3.05, 3.63) is 47.2 Å². The van der Waals surface area contributed by atoms with Crippen molar-refractivity contribution in [2.75, 3.05) is 18.5 Å². The number of anilines is 1. The predicted molar refractivity (Wildman–Crippen MR) is 101 cm³/mol. The molecule has 0 bridgehead atoms. The molecule has 2 heterocycles. The van der Waals surface area contributed by atoms with Gasteiger partial charge in [0.15, 0.2) is 0 Å². The van der Waals surface area contributed by atoms with Crippen LogP contribution < -0.4 is 10.6 Å². The van der Waals surface area contributed by atoms with Crippen molar-refractivity contribution in [3.8, 4) is 0 Å². The molecule has 0 radical (unpaired) electrons. The molecule has 0 aliphatic carbocycles.